The maximum absolute atomic E-state index is 12.8. The van der Waals surface area contributed by atoms with E-state index in [1.165, 1.54) is 12.1 Å². The van der Waals surface area contributed by atoms with Crippen LogP contribution in [0.2, 0.25) is 0 Å². The molecule has 0 saturated heterocycles. The molecule has 1 atom stereocenters. The third-order valence-corrected chi connectivity index (χ3v) is 4.93. The molecule has 0 spiro atoms. The van der Waals surface area contributed by atoms with Crippen molar-refractivity contribution in [1.29, 1.82) is 5.26 Å². The van der Waals surface area contributed by atoms with Gasteiger partial charge in [-0.1, -0.05) is 26.0 Å². The van der Waals surface area contributed by atoms with Gasteiger partial charge < -0.3 is 5.32 Å². The van der Waals surface area contributed by atoms with Crippen LogP contribution in [0, 0.1) is 16.7 Å². The normalized spacial score (nSPS) is 22.7. The van der Waals surface area contributed by atoms with Crippen molar-refractivity contribution in [2.75, 3.05) is 0 Å². The van der Waals surface area contributed by atoms with Crippen molar-refractivity contribution in [3.63, 3.8) is 0 Å². The minimum Gasteiger partial charge on any atom is -0.361 e. The number of allylic oxidation sites excluding steroid dienone is 4. The van der Waals surface area contributed by atoms with Crippen molar-refractivity contribution in [2.24, 2.45) is 5.41 Å². The monoisotopic (exact) mass is 360 g/mol. The van der Waals surface area contributed by atoms with Gasteiger partial charge in [0.15, 0.2) is 5.78 Å². The average molecular weight is 360 g/mol. The topological polar surface area (TPSA) is 52.9 Å². The number of carbonyl (C=O) groups excluding carboxylic acids is 1. The largest absolute Gasteiger partial charge is 0.416 e. The second-order valence-corrected chi connectivity index (χ2v) is 7.66. The van der Waals surface area contributed by atoms with Gasteiger partial charge in [0.1, 0.15) is 0 Å². The molecule has 1 N–H and O–H groups in total. The number of benzene rings is 1. The Morgan fingerprint density at radius 2 is 1.81 bits per heavy atom. The second-order valence-electron chi connectivity index (χ2n) is 7.66. The molecule has 1 aromatic carbocycles. The van der Waals surface area contributed by atoms with E-state index in [1.807, 2.05) is 13.8 Å². The van der Waals surface area contributed by atoms with Gasteiger partial charge in [0, 0.05) is 23.4 Å². The lowest BCUT2D eigenvalue weighted by molar-refractivity contribution is -0.137. The molecule has 1 unspecified atom stereocenters. The summed E-state index contributed by atoms with van der Waals surface area (Å²) >= 11 is 0. The maximum atomic E-state index is 12.8. The Bertz CT molecular complexity index is 868. The Kier molecular flexibility index (Phi) is 4.22. The lowest BCUT2D eigenvalue weighted by Crippen LogP contribution is -2.36. The van der Waals surface area contributed by atoms with Crippen molar-refractivity contribution in [2.45, 2.75) is 45.7 Å². The summed E-state index contributed by atoms with van der Waals surface area (Å²) in [7, 11) is 0. The zero-order valence-electron chi connectivity index (χ0n) is 14.8. The molecule has 0 bridgehead atoms. The molecule has 1 heterocycles. The lowest BCUT2D eigenvalue weighted by atomic mass is 9.69. The smallest absolute Gasteiger partial charge is 0.361 e. The molecule has 0 fully saturated rings. The third kappa shape index (κ3) is 3.14. The van der Waals surface area contributed by atoms with Crippen molar-refractivity contribution in [3.8, 4) is 6.07 Å². The van der Waals surface area contributed by atoms with Gasteiger partial charge in [-0.15, -0.1) is 0 Å². The van der Waals surface area contributed by atoms with Crippen LogP contribution in [0.25, 0.3) is 0 Å². The van der Waals surface area contributed by atoms with Crippen molar-refractivity contribution in [3.05, 3.63) is 57.9 Å². The van der Waals surface area contributed by atoms with E-state index in [0.29, 0.717) is 35.2 Å². The number of nitrogens with one attached hydrogen (secondary N) is 1. The summed E-state index contributed by atoms with van der Waals surface area (Å²) in [5, 5.41) is 12.8. The van der Waals surface area contributed by atoms with Gasteiger partial charge in [-0.3, -0.25) is 4.79 Å². The molecular formula is C20H19F3N2O. The summed E-state index contributed by atoms with van der Waals surface area (Å²) in [5.41, 5.74) is 1.87. The molecule has 6 heteroatoms. The highest BCUT2D eigenvalue weighted by molar-refractivity contribution is 6.00. The van der Waals surface area contributed by atoms with E-state index in [2.05, 4.69) is 11.4 Å². The first-order chi connectivity index (χ1) is 12.0. The summed E-state index contributed by atoms with van der Waals surface area (Å²) in [6, 6.07) is 6.85. The lowest BCUT2D eigenvalue weighted by Gasteiger charge is -2.38. The fraction of sp³-hybridized carbons (Fsp3) is 0.400. The second kappa shape index (κ2) is 6.01. The number of nitriles is 1. The molecule has 0 amide bonds. The summed E-state index contributed by atoms with van der Waals surface area (Å²) in [6.45, 7) is 5.76. The van der Waals surface area contributed by atoms with Crippen LogP contribution in [0.4, 0.5) is 13.2 Å². The molecule has 1 aromatic rings. The standard InChI is InChI=1S/C20H19F3N2O/c1-11-14(10-24)17(12-4-6-13(7-5-12)20(21,22)23)18-15(25-11)8-19(2,3)9-16(18)26/h4-7,17,25H,8-9H2,1-3H3. The van der Waals surface area contributed by atoms with Gasteiger partial charge in [0.25, 0.3) is 0 Å². The van der Waals surface area contributed by atoms with Crippen molar-refractivity contribution < 1.29 is 18.0 Å². The van der Waals surface area contributed by atoms with Crippen LogP contribution in [-0.4, -0.2) is 5.78 Å². The molecule has 3 rings (SSSR count). The first kappa shape index (κ1) is 18.2. The van der Waals surface area contributed by atoms with E-state index in [1.54, 1.807) is 6.92 Å². The summed E-state index contributed by atoms with van der Waals surface area (Å²) in [6.07, 6.45) is -3.42. The van der Waals surface area contributed by atoms with Crippen LogP contribution >= 0.6 is 0 Å². The van der Waals surface area contributed by atoms with E-state index >= 15 is 0 Å². The number of halogens is 3. The predicted molar refractivity (Wildman–Crippen MR) is 90.7 cm³/mol. The number of dihydropyridines is 1. The van der Waals surface area contributed by atoms with Crippen LogP contribution in [-0.2, 0) is 11.0 Å². The third-order valence-electron chi connectivity index (χ3n) is 4.93. The van der Waals surface area contributed by atoms with Crippen LogP contribution < -0.4 is 5.32 Å². The minimum atomic E-state index is -4.43. The maximum Gasteiger partial charge on any atom is 0.416 e. The Hall–Kier alpha value is -2.55. The quantitative estimate of drug-likeness (QED) is 0.780. The molecular weight excluding hydrogens is 341 g/mol. The Morgan fingerprint density at radius 1 is 1.19 bits per heavy atom. The highest BCUT2D eigenvalue weighted by Crippen LogP contribution is 2.46. The number of hydrogen-bond donors (Lipinski definition) is 1. The number of hydrogen-bond acceptors (Lipinski definition) is 3. The zero-order valence-corrected chi connectivity index (χ0v) is 14.8. The van der Waals surface area contributed by atoms with E-state index in [9.17, 15) is 23.2 Å². The predicted octanol–water partition coefficient (Wildman–Crippen LogP) is 4.83. The molecule has 1 aliphatic carbocycles. The Balaban J connectivity index is 2.12. The van der Waals surface area contributed by atoms with Crippen LogP contribution in [0.3, 0.4) is 0 Å². The van der Waals surface area contributed by atoms with Crippen LogP contribution in [0.5, 0.6) is 0 Å². The van der Waals surface area contributed by atoms with Crippen molar-refractivity contribution >= 4 is 5.78 Å². The van der Waals surface area contributed by atoms with Crippen LogP contribution in [0.1, 0.15) is 50.7 Å². The zero-order chi connectivity index (χ0) is 19.3. The molecule has 0 radical (unpaired) electrons. The fourth-order valence-corrected chi connectivity index (χ4v) is 3.78. The highest BCUT2D eigenvalue weighted by atomic mass is 19.4. The van der Waals surface area contributed by atoms with E-state index in [-0.39, 0.29) is 11.2 Å². The van der Waals surface area contributed by atoms with Gasteiger partial charge in [-0.05, 0) is 36.5 Å². The summed E-state index contributed by atoms with van der Waals surface area (Å²) in [4.78, 5) is 12.8. The number of rotatable bonds is 1. The number of alkyl halides is 3. The van der Waals surface area contributed by atoms with Gasteiger partial charge in [0.05, 0.1) is 23.1 Å². The van der Waals surface area contributed by atoms with Gasteiger partial charge >= 0.3 is 6.18 Å². The minimum absolute atomic E-state index is 0.0612. The first-order valence-electron chi connectivity index (χ1n) is 8.35. The van der Waals surface area contributed by atoms with E-state index < -0.39 is 17.7 Å². The fourth-order valence-electron chi connectivity index (χ4n) is 3.78. The van der Waals surface area contributed by atoms with E-state index in [0.717, 1.165) is 17.8 Å². The van der Waals surface area contributed by atoms with E-state index in [4.69, 9.17) is 0 Å². The molecule has 3 nitrogen and oxygen atoms in total. The van der Waals surface area contributed by atoms with Gasteiger partial charge in [-0.25, -0.2) is 0 Å². The average Bonchev–Trinajstić information content (AvgIpc) is 2.51. The van der Waals surface area contributed by atoms with Gasteiger partial charge in [0.2, 0.25) is 0 Å². The SMILES string of the molecule is CC1=C(C#N)C(c2ccc(C(F)(F)F)cc2)C2=C(CC(C)(C)CC2=O)N1. The van der Waals surface area contributed by atoms with Crippen molar-refractivity contribution in [1.82, 2.24) is 5.32 Å². The molecule has 136 valence electrons. The molecule has 0 aromatic heterocycles. The number of nitrogens with zero attached hydrogens (tertiary/aromatic N) is 1. The summed E-state index contributed by atoms with van der Waals surface area (Å²) in [5.74, 6) is -0.684. The highest BCUT2D eigenvalue weighted by Gasteiger charge is 2.41. The number of Topliss-reactive ketones (excluding diaryl/α,β-unsaturated/α-hetero) is 1. The first-order valence-corrected chi connectivity index (χ1v) is 8.35. The number of carbonyl (C=O) groups is 1. The Labute approximate surface area is 150 Å². The molecule has 2 aliphatic rings. The summed E-state index contributed by atoms with van der Waals surface area (Å²) < 4.78 is 38.5. The molecule has 0 saturated carbocycles. The van der Waals surface area contributed by atoms with Crippen LogP contribution in [0.15, 0.2) is 46.8 Å². The molecule has 26 heavy (non-hydrogen) atoms. The molecule has 1 aliphatic heterocycles. The Morgan fingerprint density at radius 3 is 2.35 bits per heavy atom. The van der Waals surface area contributed by atoms with Gasteiger partial charge in [-0.2, -0.15) is 18.4 Å². The number of ketones is 1.